The van der Waals surface area contributed by atoms with Crippen LogP contribution in [-0.4, -0.2) is 16.5 Å². The molecule has 1 fully saturated rings. The van der Waals surface area contributed by atoms with E-state index in [9.17, 15) is 0 Å². The smallest absolute Gasteiger partial charge is 0.101 e. The summed E-state index contributed by atoms with van der Waals surface area (Å²) in [6.45, 7) is 0.722. The predicted molar refractivity (Wildman–Crippen MR) is 71.2 cm³/mol. The van der Waals surface area contributed by atoms with E-state index in [1.165, 1.54) is 41.8 Å². The molecular weight excluding hydrogens is 230 g/mol. The Labute approximate surface area is 105 Å². The fourth-order valence-corrected chi connectivity index (χ4v) is 3.93. The average Bonchev–Trinajstić information content (AvgIpc) is 2.84. The van der Waals surface area contributed by atoms with Gasteiger partial charge in [-0.1, -0.05) is 19.3 Å². The minimum absolute atomic E-state index is 0.141. The van der Waals surface area contributed by atoms with Crippen LogP contribution in [0.5, 0.6) is 0 Å². The average molecular weight is 247 g/mol. The van der Waals surface area contributed by atoms with E-state index in [1.54, 1.807) is 11.3 Å². The van der Waals surface area contributed by atoms with Crippen LogP contribution in [0.2, 0.25) is 0 Å². The van der Waals surface area contributed by atoms with Gasteiger partial charge in [-0.15, -0.1) is 11.3 Å². The number of thiazole rings is 1. The first-order chi connectivity index (χ1) is 8.34. The lowest BCUT2D eigenvalue weighted by atomic mass is 9.74. The molecule has 0 aromatic carbocycles. The molecule has 0 radical (unpaired) electrons. The van der Waals surface area contributed by atoms with Gasteiger partial charge >= 0.3 is 0 Å². The number of fused-ring (bicyclic) bond motifs is 1. The van der Waals surface area contributed by atoms with Crippen LogP contribution in [0.4, 0.5) is 0 Å². The van der Waals surface area contributed by atoms with Crippen molar-refractivity contribution in [2.24, 2.45) is 5.73 Å². The van der Waals surface area contributed by atoms with Gasteiger partial charge in [0, 0.05) is 18.2 Å². The molecule has 0 bridgehead atoms. The summed E-state index contributed by atoms with van der Waals surface area (Å²) in [5, 5.41) is 1.22. The molecule has 4 heteroatoms. The predicted octanol–water partition coefficient (Wildman–Crippen LogP) is 2.85. The molecule has 2 aromatic heterocycles. The van der Waals surface area contributed by atoms with Crippen LogP contribution in [0.15, 0.2) is 18.5 Å². The number of nitrogens with zero attached hydrogens (tertiary/aromatic N) is 2. The standard InChI is InChI=1S/C13H17N3S/c14-9-13(5-2-1-3-6-13)12-16-10-8-15-7-4-11(10)17-12/h4,7-8H,1-3,5-6,9,14H2. The molecule has 1 aliphatic carbocycles. The van der Waals surface area contributed by atoms with Crippen molar-refractivity contribution in [2.45, 2.75) is 37.5 Å². The molecular formula is C13H17N3S. The topological polar surface area (TPSA) is 51.8 Å². The molecule has 17 heavy (non-hydrogen) atoms. The summed E-state index contributed by atoms with van der Waals surface area (Å²) in [5.41, 5.74) is 7.20. The summed E-state index contributed by atoms with van der Waals surface area (Å²) in [5.74, 6) is 0. The molecule has 0 spiro atoms. The summed E-state index contributed by atoms with van der Waals surface area (Å²) in [7, 11) is 0. The highest BCUT2D eigenvalue weighted by molar-refractivity contribution is 7.18. The lowest BCUT2D eigenvalue weighted by Gasteiger charge is -2.34. The van der Waals surface area contributed by atoms with Crippen molar-refractivity contribution in [3.63, 3.8) is 0 Å². The summed E-state index contributed by atoms with van der Waals surface area (Å²) in [4.78, 5) is 8.89. The van der Waals surface area contributed by atoms with Crippen molar-refractivity contribution in [3.05, 3.63) is 23.5 Å². The van der Waals surface area contributed by atoms with Crippen molar-refractivity contribution in [2.75, 3.05) is 6.54 Å². The van der Waals surface area contributed by atoms with Gasteiger partial charge in [0.25, 0.3) is 0 Å². The van der Waals surface area contributed by atoms with Gasteiger partial charge in [-0.2, -0.15) is 0 Å². The second-order valence-corrected chi connectivity index (χ2v) is 5.94. The first kappa shape index (κ1) is 11.1. The Morgan fingerprint density at radius 1 is 1.29 bits per heavy atom. The van der Waals surface area contributed by atoms with E-state index < -0.39 is 0 Å². The third kappa shape index (κ3) is 1.85. The van der Waals surface area contributed by atoms with Crippen molar-refractivity contribution in [1.82, 2.24) is 9.97 Å². The summed E-state index contributed by atoms with van der Waals surface area (Å²) in [6, 6.07) is 2.05. The molecule has 0 atom stereocenters. The zero-order valence-electron chi connectivity index (χ0n) is 9.85. The maximum absolute atomic E-state index is 6.04. The van der Waals surface area contributed by atoms with Gasteiger partial charge in [-0.3, -0.25) is 4.98 Å². The van der Waals surface area contributed by atoms with Crippen LogP contribution in [0.3, 0.4) is 0 Å². The number of nitrogens with two attached hydrogens (primary N) is 1. The maximum atomic E-state index is 6.04. The molecule has 2 N–H and O–H groups in total. The molecule has 0 amide bonds. The summed E-state index contributed by atoms with van der Waals surface area (Å²) < 4.78 is 1.23. The van der Waals surface area contributed by atoms with Crippen molar-refractivity contribution in [1.29, 1.82) is 0 Å². The SMILES string of the molecule is NCC1(c2nc3cnccc3s2)CCCCC1. The molecule has 2 aromatic rings. The molecule has 0 saturated heterocycles. The minimum Gasteiger partial charge on any atom is -0.329 e. The van der Waals surface area contributed by atoms with Crippen LogP contribution in [0.25, 0.3) is 10.2 Å². The van der Waals surface area contributed by atoms with Crippen LogP contribution in [0, 0.1) is 0 Å². The number of aromatic nitrogens is 2. The molecule has 2 heterocycles. The highest BCUT2D eigenvalue weighted by Crippen LogP contribution is 2.41. The number of rotatable bonds is 2. The van der Waals surface area contributed by atoms with Crippen LogP contribution < -0.4 is 5.73 Å². The Morgan fingerprint density at radius 3 is 2.82 bits per heavy atom. The summed E-state index contributed by atoms with van der Waals surface area (Å²) >= 11 is 1.80. The number of hydrogen-bond acceptors (Lipinski definition) is 4. The minimum atomic E-state index is 0.141. The highest BCUT2D eigenvalue weighted by Gasteiger charge is 2.35. The van der Waals surface area contributed by atoms with Gasteiger partial charge in [-0.05, 0) is 18.9 Å². The molecule has 1 saturated carbocycles. The van der Waals surface area contributed by atoms with E-state index in [0.29, 0.717) is 0 Å². The zero-order valence-corrected chi connectivity index (χ0v) is 10.7. The Kier molecular flexibility index (Phi) is 2.84. The first-order valence-corrected chi connectivity index (χ1v) is 7.07. The lowest BCUT2D eigenvalue weighted by molar-refractivity contribution is 0.300. The molecule has 3 rings (SSSR count). The van der Waals surface area contributed by atoms with Crippen molar-refractivity contribution in [3.8, 4) is 0 Å². The van der Waals surface area contributed by atoms with E-state index >= 15 is 0 Å². The Hall–Kier alpha value is -1.00. The van der Waals surface area contributed by atoms with E-state index in [0.717, 1.165) is 12.1 Å². The quantitative estimate of drug-likeness (QED) is 0.887. The Morgan fingerprint density at radius 2 is 2.12 bits per heavy atom. The fraction of sp³-hybridized carbons (Fsp3) is 0.538. The lowest BCUT2D eigenvalue weighted by Crippen LogP contribution is -2.36. The van der Waals surface area contributed by atoms with E-state index in [4.69, 9.17) is 10.7 Å². The second-order valence-electron chi connectivity index (χ2n) is 4.91. The van der Waals surface area contributed by atoms with Gasteiger partial charge in [-0.25, -0.2) is 4.98 Å². The second kappa shape index (κ2) is 4.35. The largest absolute Gasteiger partial charge is 0.329 e. The van der Waals surface area contributed by atoms with Crippen molar-refractivity contribution >= 4 is 21.6 Å². The van der Waals surface area contributed by atoms with Gasteiger partial charge in [0.2, 0.25) is 0 Å². The highest BCUT2D eigenvalue weighted by atomic mass is 32.1. The van der Waals surface area contributed by atoms with Gasteiger partial charge in [0.05, 0.1) is 16.4 Å². The molecule has 3 nitrogen and oxygen atoms in total. The maximum Gasteiger partial charge on any atom is 0.101 e. The Bertz CT molecular complexity index is 481. The van der Waals surface area contributed by atoms with Gasteiger partial charge < -0.3 is 5.73 Å². The molecule has 0 aliphatic heterocycles. The molecule has 90 valence electrons. The van der Waals surface area contributed by atoms with Crippen LogP contribution >= 0.6 is 11.3 Å². The van der Waals surface area contributed by atoms with Gasteiger partial charge in [0.1, 0.15) is 5.01 Å². The van der Waals surface area contributed by atoms with Crippen molar-refractivity contribution < 1.29 is 0 Å². The molecule has 1 aliphatic rings. The van der Waals surface area contributed by atoms with Crippen LogP contribution in [0.1, 0.15) is 37.1 Å². The monoisotopic (exact) mass is 247 g/mol. The zero-order chi connectivity index (χ0) is 11.7. The number of hydrogen-bond donors (Lipinski definition) is 1. The third-order valence-electron chi connectivity index (χ3n) is 3.84. The fourth-order valence-electron chi connectivity index (χ4n) is 2.74. The number of pyridine rings is 1. The summed E-state index contributed by atoms with van der Waals surface area (Å²) in [6.07, 6.45) is 9.97. The first-order valence-electron chi connectivity index (χ1n) is 6.25. The van der Waals surface area contributed by atoms with E-state index in [2.05, 4.69) is 4.98 Å². The normalized spacial score (nSPS) is 19.6. The van der Waals surface area contributed by atoms with Gasteiger partial charge in [0.15, 0.2) is 0 Å². The third-order valence-corrected chi connectivity index (χ3v) is 5.13. The Balaban J connectivity index is 2.05. The van der Waals surface area contributed by atoms with E-state index in [1.807, 2.05) is 18.5 Å². The van der Waals surface area contributed by atoms with Crippen LogP contribution in [-0.2, 0) is 5.41 Å². The van der Waals surface area contributed by atoms with E-state index in [-0.39, 0.29) is 5.41 Å². The molecule has 0 unspecified atom stereocenters.